The van der Waals surface area contributed by atoms with E-state index in [-0.39, 0.29) is 17.4 Å². The van der Waals surface area contributed by atoms with Gasteiger partial charge in [-0.2, -0.15) is 13.2 Å². The predicted octanol–water partition coefficient (Wildman–Crippen LogP) is 3.56. The summed E-state index contributed by atoms with van der Waals surface area (Å²) >= 11 is 0. The summed E-state index contributed by atoms with van der Waals surface area (Å²) in [5.74, 6) is -0.888. The summed E-state index contributed by atoms with van der Waals surface area (Å²) in [4.78, 5) is 0. The van der Waals surface area contributed by atoms with Gasteiger partial charge in [-0.3, -0.25) is 0 Å². The van der Waals surface area contributed by atoms with E-state index in [0.717, 1.165) is 6.07 Å². The van der Waals surface area contributed by atoms with Crippen molar-refractivity contribution in [1.29, 1.82) is 0 Å². The summed E-state index contributed by atoms with van der Waals surface area (Å²) in [6, 6.07) is 2.99. The Morgan fingerprint density at radius 1 is 1.28 bits per heavy atom. The van der Waals surface area contributed by atoms with Crippen molar-refractivity contribution >= 4 is 0 Å². The zero-order chi connectivity index (χ0) is 13.3. The Morgan fingerprint density at radius 3 is 2.61 bits per heavy atom. The van der Waals surface area contributed by atoms with Crippen LogP contribution >= 0.6 is 0 Å². The summed E-state index contributed by atoms with van der Waals surface area (Å²) in [7, 11) is 0. The van der Waals surface area contributed by atoms with Gasteiger partial charge in [0.25, 0.3) is 0 Å². The summed E-state index contributed by atoms with van der Waals surface area (Å²) in [5, 5.41) is 3.15. The molecule has 0 amide bonds. The summed E-state index contributed by atoms with van der Waals surface area (Å²) < 4.78 is 51.8. The van der Waals surface area contributed by atoms with E-state index in [2.05, 4.69) is 5.32 Å². The van der Waals surface area contributed by atoms with Gasteiger partial charge in [0.1, 0.15) is 5.82 Å². The number of hydrogen-bond donors (Lipinski definition) is 1. The zero-order valence-electron chi connectivity index (χ0n) is 10.0. The van der Waals surface area contributed by atoms with Gasteiger partial charge in [-0.1, -0.05) is 13.0 Å². The van der Waals surface area contributed by atoms with E-state index >= 15 is 0 Å². The molecular formula is C13H15F4N. The molecule has 0 unspecified atom stereocenters. The van der Waals surface area contributed by atoms with Crippen LogP contribution in [0.4, 0.5) is 17.6 Å². The minimum absolute atomic E-state index is 0.116. The van der Waals surface area contributed by atoms with Crippen LogP contribution in [-0.2, 0) is 6.18 Å². The number of halogens is 4. The van der Waals surface area contributed by atoms with Gasteiger partial charge in [-0.25, -0.2) is 4.39 Å². The lowest BCUT2D eigenvalue weighted by Gasteiger charge is -2.31. The molecule has 1 nitrogen and oxygen atoms in total. The normalized spacial score (nSPS) is 25.2. The van der Waals surface area contributed by atoms with Crippen LogP contribution in [0.3, 0.4) is 0 Å². The Balaban J connectivity index is 2.43. The maximum atomic E-state index is 13.0. The molecule has 1 aromatic carbocycles. The second-order valence-corrected chi connectivity index (χ2v) is 4.81. The number of benzene rings is 1. The Labute approximate surface area is 103 Å². The van der Waals surface area contributed by atoms with E-state index in [1.54, 1.807) is 0 Å². The van der Waals surface area contributed by atoms with E-state index in [0.29, 0.717) is 25.6 Å². The van der Waals surface area contributed by atoms with Crippen LogP contribution in [0.25, 0.3) is 0 Å². The molecule has 0 spiro atoms. The second kappa shape index (κ2) is 4.88. The Morgan fingerprint density at radius 2 is 2.00 bits per heavy atom. The van der Waals surface area contributed by atoms with Gasteiger partial charge in [-0.15, -0.1) is 0 Å². The third kappa shape index (κ3) is 2.66. The first-order valence-corrected chi connectivity index (χ1v) is 5.97. The minimum Gasteiger partial charge on any atom is -0.316 e. The molecule has 1 aromatic rings. The molecule has 1 aliphatic heterocycles. The average molecular weight is 261 g/mol. The molecule has 0 aromatic heterocycles. The number of alkyl halides is 3. The average Bonchev–Trinajstić information content (AvgIpc) is 2.29. The van der Waals surface area contributed by atoms with Crippen LogP contribution in [0.5, 0.6) is 0 Å². The van der Waals surface area contributed by atoms with Gasteiger partial charge >= 0.3 is 6.18 Å². The summed E-state index contributed by atoms with van der Waals surface area (Å²) in [6.07, 6.45) is -3.85. The molecule has 0 radical (unpaired) electrons. The molecule has 1 saturated heterocycles. The lowest BCUT2D eigenvalue weighted by molar-refractivity contribution is -0.138. The molecule has 2 rings (SSSR count). The van der Waals surface area contributed by atoms with Crippen molar-refractivity contribution in [1.82, 2.24) is 5.32 Å². The number of rotatable bonds is 1. The summed E-state index contributed by atoms with van der Waals surface area (Å²) in [5.41, 5.74) is -0.612. The first-order chi connectivity index (χ1) is 8.39. The molecule has 0 bridgehead atoms. The number of nitrogens with one attached hydrogen (secondary N) is 1. The Bertz CT molecular complexity index is 427. The molecule has 1 N–H and O–H groups in total. The molecule has 18 heavy (non-hydrogen) atoms. The third-order valence-electron chi connectivity index (χ3n) is 3.51. The van der Waals surface area contributed by atoms with Crippen molar-refractivity contribution in [2.75, 3.05) is 13.1 Å². The minimum atomic E-state index is -4.50. The van der Waals surface area contributed by atoms with E-state index in [1.807, 2.05) is 6.92 Å². The summed E-state index contributed by atoms with van der Waals surface area (Å²) in [6.45, 7) is 3.31. The molecule has 1 aliphatic rings. The van der Waals surface area contributed by atoms with Gasteiger partial charge < -0.3 is 5.32 Å². The first kappa shape index (κ1) is 13.3. The molecule has 1 fully saturated rings. The number of piperidine rings is 1. The van der Waals surface area contributed by atoms with Crippen molar-refractivity contribution in [3.05, 3.63) is 35.1 Å². The monoisotopic (exact) mass is 261 g/mol. The van der Waals surface area contributed by atoms with Gasteiger partial charge in [-0.05, 0) is 49.0 Å². The fourth-order valence-electron chi connectivity index (χ4n) is 2.57. The zero-order valence-corrected chi connectivity index (χ0v) is 10.0. The first-order valence-electron chi connectivity index (χ1n) is 5.97. The van der Waals surface area contributed by atoms with E-state index in [9.17, 15) is 17.6 Å². The number of hydrogen-bond acceptors (Lipinski definition) is 1. The van der Waals surface area contributed by atoms with Crippen molar-refractivity contribution < 1.29 is 17.6 Å². The van der Waals surface area contributed by atoms with Gasteiger partial charge in [0, 0.05) is 0 Å². The standard InChI is InChI=1S/C13H15F4N/c1-8-7-18-5-4-10(8)11-3-2-9(14)6-12(11)13(15,16)17/h2-3,6,8,10,18H,4-5,7H2,1H3/t8-,10+/m0/s1. The molecule has 2 atom stereocenters. The van der Waals surface area contributed by atoms with Crippen LogP contribution < -0.4 is 5.32 Å². The largest absolute Gasteiger partial charge is 0.416 e. The van der Waals surface area contributed by atoms with Crippen LogP contribution in [0.2, 0.25) is 0 Å². The highest BCUT2D eigenvalue weighted by atomic mass is 19.4. The maximum absolute atomic E-state index is 13.0. The highest BCUT2D eigenvalue weighted by molar-refractivity contribution is 5.34. The molecular weight excluding hydrogens is 246 g/mol. The van der Waals surface area contributed by atoms with Gasteiger partial charge in [0.05, 0.1) is 5.56 Å². The molecule has 100 valence electrons. The van der Waals surface area contributed by atoms with Crippen molar-refractivity contribution in [3.63, 3.8) is 0 Å². The van der Waals surface area contributed by atoms with Gasteiger partial charge in [0.15, 0.2) is 0 Å². The van der Waals surface area contributed by atoms with Crippen LogP contribution in [0.15, 0.2) is 18.2 Å². The highest BCUT2D eigenvalue weighted by Gasteiger charge is 2.37. The fraction of sp³-hybridized carbons (Fsp3) is 0.538. The fourth-order valence-corrected chi connectivity index (χ4v) is 2.57. The Kier molecular flexibility index (Phi) is 3.61. The topological polar surface area (TPSA) is 12.0 Å². The Hall–Kier alpha value is -1.10. The van der Waals surface area contributed by atoms with Crippen LogP contribution in [0, 0.1) is 11.7 Å². The predicted molar refractivity (Wildman–Crippen MR) is 60.8 cm³/mol. The van der Waals surface area contributed by atoms with Crippen LogP contribution in [0.1, 0.15) is 30.4 Å². The van der Waals surface area contributed by atoms with Crippen LogP contribution in [-0.4, -0.2) is 13.1 Å². The van der Waals surface area contributed by atoms with E-state index in [1.165, 1.54) is 6.07 Å². The van der Waals surface area contributed by atoms with Crippen molar-refractivity contribution in [2.24, 2.45) is 5.92 Å². The van der Waals surface area contributed by atoms with Crippen molar-refractivity contribution in [3.8, 4) is 0 Å². The lowest BCUT2D eigenvalue weighted by atomic mass is 9.80. The van der Waals surface area contributed by atoms with E-state index in [4.69, 9.17) is 0 Å². The SMILES string of the molecule is C[C@H]1CNCC[C@H]1c1ccc(F)cc1C(F)(F)F. The molecule has 5 heteroatoms. The molecule has 1 heterocycles. The van der Waals surface area contributed by atoms with Crippen molar-refractivity contribution in [2.45, 2.75) is 25.4 Å². The third-order valence-corrected chi connectivity index (χ3v) is 3.51. The quantitative estimate of drug-likeness (QED) is 0.762. The lowest BCUT2D eigenvalue weighted by Crippen LogP contribution is -2.34. The smallest absolute Gasteiger partial charge is 0.316 e. The molecule has 0 saturated carbocycles. The maximum Gasteiger partial charge on any atom is 0.416 e. The second-order valence-electron chi connectivity index (χ2n) is 4.81. The van der Waals surface area contributed by atoms with Gasteiger partial charge in [0.2, 0.25) is 0 Å². The van der Waals surface area contributed by atoms with E-state index < -0.39 is 17.6 Å². The molecule has 0 aliphatic carbocycles. The highest BCUT2D eigenvalue weighted by Crippen LogP contribution is 2.39.